The Morgan fingerprint density at radius 2 is 2.41 bits per heavy atom. The molecule has 2 heterocycles. The number of aryl methyl sites for hydroxylation is 1. The minimum atomic E-state index is 0.618. The molecule has 0 amide bonds. The van der Waals surface area contributed by atoms with Crippen molar-refractivity contribution in [2.45, 2.75) is 13.3 Å². The number of nitrogens with zero attached hydrogens (tertiary/aromatic N) is 3. The van der Waals surface area contributed by atoms with E-state index in [1.165, 1.54) is 0 Å². The van der Waals surface area contributed by atoms with Crippen LogP contribution in [-0.2, 0) is 6.42 Å². The van der Waals surface area contributed by atoms with Crippen molar-refractivity contribution in [1.29, 1.82) is 5.26 Å². The second kappa shape index (κ2) is 5.41. The van der Waals surface area contributed by atoms with Gasteiger partial charge < -0.3 is 5.32 Å². The van der Waals surface area contributed by atoms with E-state index in [1.54, 1.807) is 29.7 Å². The van der Waals surface area contributed by atoms with Crippen molar-refractivity contribution in [2.24, 2.45) is 0 Å². The lowest BCUT2D eigenvalue weighted by Crippen LogP contribution is -2.06. The van der Waals surface area contributed by atoms with Crippen molar-refractivity contribution in [3.63, 3.8) is 0 Å². The standard InChI is InChI=1S/C12H12N4S/c1-9-8-17-12(16-9)3-5-15-11-6-10(7-13)2-4-14-11/h2,4,6,8H,3,5H2,1H3,(H,14,15). The molecule has 0 spiro atoms. The summed E-state index contributed by atoms with van der Waals surface area (Å²) >= 11 is 1.67. The summed E-state index contributed by atoms with van der Waals surface area (Å²) in [6, 6.07) is 5.52. The SMILES string of the molecule is Cc1csc(CCNc2cc(C#N)ccn2)n1. The minimum Gasteiger partial charge on any atom is -0.370 e. The number of thiazole rings is 1. The van der Waals surface area contributed by atoms with Crippen LogP contribution in [0.5, 0.6) is 0 Å². The van der Waals surface area contributed by atoms with Crippen molar-refractivity contribution in [2.75, 3.05) is 11.9 Å². The summed E-state index contributed by atoms with van der Waals surface area (Å²) in [5.74, 6) is 0.734. The molecule has 0 aliphatic carbocycles. The highest BCUT2D eigenvalue weighted by atomic mass is 32.1. The van der Waals surface area contributed by atoms with E-state index >= 15 is 0 Å². The first-order valence-corrected chi connectivity index (χ1v) is 6.17. The zero-order chi connectivity index (χ0) is 12.1. The number of aromatic nitrogens is 2. The zero-order valence-electron chi connectivity index (χ0n) is 9.47. The molecular weight excluding hydrogens is 232 g/mol. The first-order chi connectivity index (χ1) is 8.28. The van der Waals surface area contributed by atoms with Crippen LogP contribution < -0.4 is 5.32 Å². The van der Waals surface area contributed by atoms with Gasteiger partial charge in [-0.25, -0.2) is 9.97 Å². The Morgan fingerprint density at radius 1 is 1.53 bits per heavy atom. The van der Waals surface area contributed by atoms with Crippen molar-refractivity contribution >= 4 is 17.2 Å². The summed E-state index contributed by atoms with van der Waals surface area (Å²) in [5.41, 5.74) is 1.68. The van der Waals surface area contributed by atoms with Gasteiger partial charge in [0.15, 0.2) is 0 Å². The van der Waals surface area contributed by atoms with E-state index in [2.05, 4.69) is 21.4 Å². The summed E-state index contributed by atoms with van der Waals surface area (Å²) in [7, 11) is 0. The molecule has 0 saturated carbocycles. The summed E-state index contributed by atoms with van der Waals surface area (Å²) in [4.78, 5) is 8.53. The third kappa shape index (κ3) is 3.26. The van der Waals surface area contributed by atoms with Gasteiger partial charge in [0.1, 0.15) is 5.82 Å². The maximum absolute atomic E-state index is 8.75. The largest absolute Gasteiger partial charge is 0.370 e. The number of nitrogens with one attached hydrogen (secondary N) is 1. The van der Waals surface area contributed by atoms with Gasteiger partial charge in [-0.15, -0.1) is 11.3 Å². The molecule has 0 radical (unpaired) electrons. The Kier molecular flexibility index (Phi) is 3.68. The van der Waals surface area contributed by atoms with E-state index < -0.39 is 0 Å². The van der Waals surface area contributed by atoms with Gasteiger partial charge in [0, 0.05) is 30.2 Å². The highest BCUT2D eigenvalue weighted by Crippen LogP contribution is 2.10. The second-order valence-electron chi connectivity index (χ2n) is 3.60. The molecule has 2 aromatic rings. The molecule has 2 aromatic heterocycles. The van der Waals surface area contributed by atoms with Crippen LogP contribution >= 0.6 is 11.3 Å². The lowest BCUT2D eigenvalue weighted by molar-refractivity contribution is 0.977. The molecule has 86 valence electrons. The van der Waals surface area contributed by atoms with Gasteiger partial charge in [-0.3, -0.25) is 0 Å². The van der Waals surface area contributed by atoms with Gasteiger partial charge in [-0.2, -0.15) is 5.26 Å². The van der Waals surface area contributed by atoms with Gasteiger partial charge in [-0.05, 0) is 19.1 Å². The molecule has 1 N–H and O–H groups in total. The van der Waals surface area contributed by atoms with Crippen molar-refractivity contribution < 1.29 is 0 Å². The molecule has 0 unspecified atom stereocenters. The summed E-state index contributed by atoms with van der Waals surface area (Å²) in [6.07, 6.45) is 2.51. The number of nitriles is 1. The fourth-order valence-corrected chi connectivity index (χ4v) is 2.19. The van der Waals surface area contributed by atoms with Crippen LogP contribution in [0.15, 0.2) is 23.7 Å². The second-order valence-corrected chi connectivity index (χ2v) is 4.54. The lowest BCUT2D eigenvalue weighted by atomic mass is 10.3. The van der Waals surface area contributed by atoms with Crippen molar-refractivity contribution in [1.82, 2.24) is 9.97 Å². The maximum Gasteiger partial charge on any atom is 0.127 e. The monoisotopic (exact) mass is 244 g/mol. The molecule has 2 rings (SSSR count). The molecule has 0 bridgehead atoms. The molecule has 17 heavy (non-hydrogen) atoms. The van der Waals surface area contributed by atoms with Crippen LogP contribution in [-0.4, -0.2) is 16.5 Å². The Labute approximate surface area is 104 Å². The van der Waals surface area contributed by atoms with Crippen molar-refractivity contribution in [3.8, 4) is 6.07 Å². The summed E-state index contributed by atoms with van der Waals surface area (Å²) in [6.45, 7) is 2.76. The average molecular weight is 244 g/mol. The highest BCUT2D eigenvalue weighted by Gasteiger charge is 1.99. The smallest absolute Gasteiger partial charge is 0.127 e. The quantitative estimate of drug-likeness (QED) is 0.897. The number of hydrogen-bond donors (Lipinski definition) is 1. The van der Waals surface area contributed by atoms with Crippen LogP contribution in [0.1, 0.15) is 16.3 Å². The number of rotatable bonds is 4. The van der Waals surface area contributed by atoms with Crippen molar-refractivity contribution in [3.05, 3.63) is 40.0 Å². The van der Waals surface area contributed by atoms with Crippen LogP contribution in [0, 0.1) is 18.3 Å². The fourth-order valence-electron chi connectivity index (χ4n) is 1.41. The average Bonchev–Trinajstić information content (AvgIpc) is 2.75. The van der Waals surface area contributed by atoms with Gasteiger partial charge >= 0.3 is 0 Å². The molecule has 0 aromatic carbocycles. The molecule has 4 nitrogen and oxygen atoms in total. The van der Waals surface area contributed by atoms with E-state index in [4.69, 9.17) is 5.26 Å². The number of anilines is 1. The van der Waals surface area contributed by atoms with Crippen LogP contribution in [0.4, 0.5) is 5.82 Å². The summed E-state index contributed by atoms with van der Waals surface area (Å²) in [5, 5.41) is 15.1. The Hall–Kier alpha value is -1.93. The first kappa shape index (κ1) is 11.6. The zero-order valence-corrected chi connectivity index (χ0v) is 10.3. The molecule has 0 saturated heterocycles. The van der Waals surface area contributed by atoms with Crippen LogP contribution in [0.2, 0.25) is 0 Å². The van der Waals surface area contributed by atoms with E-state index in [-0.39, 0.29) is 0 Å². The number of hydrogen-bond acceptors (Lipinski definition) is 5. The molecule has 0 aliphatic heterocycles. The Bertz CT molecular complexity index is 541. The molecule has 0 aliphatic rings. The van der Waals surface area contributed by atoms with Gasteiger partial charge in [-0.1, -0.05) is 0 Å². The fraction of sp³-hybridized carbons (Fsp3) is 0.250. The third-order valence-electron chi connectivity index (χ3n) is 2.20. The predicted octanol–water partition coefficient (Wildman–Crippen LogP) is 2.37. The third-order valence-corrected chi connectivity index (χ3v) is 3.23. The normalized spacial score (nSPS) is 9.88. The van der Waals surface area contributed by atoms with Crippen LogP contribution in [0.3, 0.4) is 0 Å². The first-order valence-electron chi connectivity index (χ1n) is 5.29. The van der Waals surface area contributed by atoms with Gasteiger partial charge in [0.05, 0.1) is 16.6 Å². The van der Waals surface area contributed by atoms with E-state index in [0.29, 0.717) is 5.56 Å². The maximum atomic E-state index is 8.75. The highest BCUT2D eigenvalue weighted by molar-refractivity contribution is 7.09. The van der Waals surface area contributed by atoms with E-state index in [1.807, 2.05) is 12.3 Å². The molecular formula is C12H12N4S. The molecule has 0 fully saturated rings. The number of pyridine rings is 1. The Balaban J connectivity index is 1.88. The lowest BCUT2D eigenvalue weighted by Gasteiger charge is -2.03. The van der Waals surface area contributed by atoms with Gasteiger partial charge in [0.25, 0.3) is 0 Å². The van der Waals surface area contributed by atoms with E-state index in [9.17, 15) is 0 Å². The minimum absolute atomic E-state index is 0.618. The van der Waals surface area contributed by atoms with Gasteiger partial charge in [0.2, 0.25) is 0 Å². The van der Waals surface area contributed by atoms with E-state index in [0.717, 1.165) is 29.5 Å². The molecule has 0 atom stereocenters. The predicted molar refractivity (Wildman–Crippen MR) is 68.0 cm³/mol. The molecule has 5 heteroatoms. The van der Waals surface area contributed by atoms with Crippen LogP contribution in [0.25, 0.3) is 0 Å². The summed E-state index contributed by atoms with van der Waals surface area (Å²) < 4.78 is 0. The Morgan fingerprint density at radius 3 is 3.12 bits per heavy atom. The topological polar surface area (TPSA) is 61.6 Å².